The van der Waals surface area contributed by atoms with E-state index >= 15 is 9.59 Å². The fourth-order valence-electron chi connectivity index (χ4n) is 13.0. The van der Waals surface area contributed by atoms with Gasteiger partial charge in [-0.1, -0.05) is 63.3 Å². The van der Waals surface area contributed by atoms with Crippen LogP contribution in [0.3, 0.4) is 0 Å². The number of hydrogen-bond donors (Lipinski definition) is 5. The Morgan fingerprint density at radius 3 is 2.54 bits per heavy atom. The second-order valence-electron chi connectivity index (χ2n) is 19.1. The number of hydrogen-bond acceptors (Lipinski definition) is 9. The maximum absolute atomic E-state index is 15.2. The molecule has 1 amide bonds. The molecule has 1 aromatic heterocycles. The highest BCUT2D eigenvalue weighted by molar-refractivity contribution is 6.55. The molecule has 3 aromatic rings. The van der Waals surface area contributed by atoms with Crippen molar-refractivity contribution in [1.29, 1.82) is 0 Å². The largest absolute Gasteiger partial charge is 0.660 e. The molecule has 2 aromatic carbocycles. The minimum atomic E-state index is -2.25. The van der Waals surface area contributed by atoms with Gasteiger partial charge in [-0.05, 0) is 88.1 Å². The molecule has 5 heterocycles. The highest BCUT2D eigenvalue weighted by Gasteiger charge is 2.83. The number of methoxy groups -OCH3 is 2. The molecule has 1 radical (unpaired) electrons. The lowest BCUT2D eigenvalue weighted by atomic mass is 9.42. The highest BCUT2D eigenvalue weighted by Crippen LogP contribution is 2.71. The molecule has 12 nitrogen and oxygen atoms in total. The molecule has 1 unspecified atom stereocenters. The van der Waals surface area contributed by atoms with Crippen LogP contribution in [0.2, 0.25) is 19.1 Å². The number of carbonyl (C=O) groups is 2. The summed E-state index contributed by atoms with van der Waals surface area (Å²) in [5, 5.41) is 47.3. The molecule has 5 aliphatic rings. The molecule has 0 bridgehead atoms. The summed E-state index contributed by atoms with van der Waals surface area (Å²) in [5.41, 5.74) is -3.02. The number of anilines is 1. The van der Waals surface area contributed by atoms with E-state index in [4.69, 9.17) is 14.8 Å². The number of aromatic amines is 1. The average molecular weight is 854 g/mol. The van der Waals surface area contributed by atoms with Crippen molar-refractivity contribution in [3.8, 4) is 5.75 Å². The van der Waals surface area contributed by atoms with E-state index in [2.05, 4.69) is 52.6 Å². The quantitative estimate of drug-likeness (QED) is 0.0743. The molecule has 1 spiro atoms. The van der Waals surface area contributed by atoms with Crippen LogP contribution < -0.4 is 15.0 Å². The van der Waals surface area contributed by atoms with Gasteiger partial charge in [-0.2, -0.15) is 0 Å². The van der Waals surface area contributed by atoms with E-state index in [1.165, 1.54) is 7.11 Å². The fourth-order valence-corrected chi connectivity index (χ4v) is 13.9. The molecule has 331 valence electrons. The number of carbonyl (C=O) groups excluding carboxylic acids is 2. The summed E-state index contributed by atoms with van der Waals surface area (Å²) in [7, 11) is 4.45. The van der Waals surface area contributed by atoms with Gasteiger partial charge in [0.1, 0.15) is 17.3 Å². The number of para-hydroxylation sites is 1. The van der Waals surface area contributed by atoms with Crippen molar-refractivity contribution in [2.24, 2.45) is 5.41 Å². The van der Waals surface area contributed by atoms with Gasteiger partial charge in [0.2, 0.25) is 0 Å². The first-order valence-electron chi connectivity index (χ1n) is 22.5. The number of likely N-dealkylation sites (N-methyl/N-ethyl adjacent to an activating group) is 1. The van der Waals surface area contributed by atoms with Crippen molar-refractivity contribution >= 4 is 37.3 Å². The minimum absolute atomic E-state index is 0.287. The molecule has 1 aliphatic carbocycles. The van der Waals surface area contributed by atoms with E-state index in [1.54, 1.807) is 7.11 Å². The van der Waals surface area contributed by atoms with Crippen LogP contribution in [0.5, 0.6) is 5.75 Å². The number of nitrogens with zero attached hydrogens (tertiary/aromatic N) is 3. The van der Waals surface area contributed by atoms with E-state index in [0.29, 0.717) is 89.0 Å². The smallest absolute Gasteiger partial charge is 0.322 e. The Morgan fingerprint density at radius 1 is 1.07 bits per heavy atom. The molecular formula is C48H67N5O7Si-. The number of amides is 1. The van der Waals surface area contributed by atoms with Gasteiger partial charge in [-0.3, -0.25) is 14.5 Å². The zero-order valence-electron chi connectivity index (χ0n) is 37.5. The normalized spacial score (nSPS) is 34.7. The highest BCUT2D eigenvalue weighted by atomic mass is 28.3. The summed E-state index contributed by atoms with van der Waals surface area (Å²) in [6.45, 7) is 13.0. The second kappa shape index (κ2) is 15.8. The number of nitrogens with one attached hydrogen (secondary N) is 2. The Morgan fingerprint density at radius 2 is 1.84 bits per heavy atom. The van der Waals surface area contributed by atoms with Crippen molar-refractivity contribution in [3.05, 3.63) is 76.3 Å². The predicted octanol–water partition coefficient (Wildman–Crippen LogP) is 5.73. The number of fused-ring (bicyclic) bond motifs is 4. The van der Waals surface area contributed by atoms with E-state index in [0.717, 1.165) is 45.9 Å². The first kappa shape index (κ1) is 43.9. The van der Waals surface area contributed by atoms with Crippen molar-refractivity contribution in [3.63, 3.8) is 0 Å². The van der Waals surface area contributed by atoms with Gasteiger partial charge in [-0.25, -0.2) is 0 Å². The minimum Gasteiger partial charge on any atom is -0.660 e. The van der Waals surface area contributed by atoms with Crippen LogP contribution >= 0.6 is 0 Å². The van der Waals surface area contributed by atoms with Gasteiger partial charge in [0, 0.05) is 85.3 Å². The molecule has 1 saturated carbocycles. The summed E-state index contributed by atoms with van der Waals surface area (Å²) >= 11 is 0. The second-order valence-corrected chi connectivity index (χ2v) is 22.0. The molecule has 8 rings (SSSR count). The summed E-state index contributed by atoms with van der Waals surface area (Å²) in [6.07, 6.45) is 6.91. The SMILES string of the molecule is CC[C@]1(O)CCC[C@](C(=O)OC)(c2cc3c(cc2OC)N(C)[C@@]2(C)[C@@](O)(C(=O)NCCC[Si](C)C)[C@H](O)[C@]4(CC)C=CCN5CC[C@]32C54)c2[nH]c3ccccc3c2CC[N-]C1. The lowest BCUT2D eigenvalue weighted by molar-refractivity contribution is -0.223. The number of benzene rings is 2. The molecule has 61 heavy (non-hydrogen) atoms. The third-order valence-electron chi connectivity index (χ3n) is 16.4. The van der Waals surface area contributed by atoms with Gasteiger partial charge in [-0.15, -0.1) is 13.1 Å². The Hall–Kier alpha value is -3.72. The zero-order valence-corrected chi connectivity index (χ0v) is 38.5. The van der Waals surface area contributed by atoms with Crippen LogP contribution in [0.4, 0.5) is 5.69 Å². The third-order valence-corrected chi connectivity index (χ3v) is 17.7. The van der Waals surface area contributed by atoms with Gasteiger partial charge in [0.25, 0.3) is 5.91 Å². The molecule has 4 aliphatic heterocycles. The van der Waals surface area contributed by atoms with Crippen LogP contribution in [-0.2, 0) is 31.6 Å². The zero-order chi connectivity index (χ0) is 43.8. The van der Waals surface area contributed by atoms with Crippen LogP contribution in [0.25, 0.3) is 16.2 Å². The van der Waals surface area contributed by atoms with Gasteiger partial charge >= 0.3 is 5.97 Å². The summed E-state index contributed by atoms with van der Waals surface area (Å²) in [5.74, 6) is -0.545. The van der Waals surface area contributed by atoms with Crippen molar-refractivity contribution in [2.75, 3.05) is 58.9 Å². The Balaban J connectivity index is 1.42. The number of aliphatic hydroxyl groups excluding tert-OH is 1. The third kappa shape index (κ3) is 5.92. The summed E-state index contributed by atoms with van der Waals surface area (Å²) < 4.78 is 12.3. The summed E-state index contributed by atoms with van der Waals surface area (Å²) in [6, 6.07) is 12.9. The lowest BCUT2D eigenvalue weighted by Gasteiger charge is -2.68. The van der Waals surface area contributed by atoms with Crippen LogP contribution in [0, 0.1) is 5.41 Å². The number of aromatic nitrogens is 1. The average Bonchev–Trinajstić information content (AvgIpc) is 3.90. The molecule has 13 heteroatoms. The Bertz CT molecular complexity index is 2210. The molecule has 5 N–H and O–H groups in total. The Kier molecular flexibility index (Phi) is 11.4. The maximum atomic E-state index is 15.2. The van der Waals surface area contributed by atoms with Crippen molar-refractivity contribution < 1.29 is 34.4 Å². The summed E-state index contributed by atoms with van der Waals surface area (Å²) in [4.78, 5) is 38.4. The topological polar surface area (TPSA) is 162 Å². The van der Waals surface area contributed by atoms with Crippen LogP contribution in [0.1, 0.15) is 88.1 Å². The number of ether oxygens (including phenoxy) is 2. The van der Waals surface area contributed by atoms with E-state index in [1.807, 2.05) is 57.0 Å². The van der Waals surface area contributed by atoms with Crippen LogP contribution in [-0.4, -0.2) is 129 Å². The predicted molar refractivity (Wildman–Crippen MR) is 241 cm³/mol. The van der Waals surface area contributed by atoms with E-state index in [-0.39, 0.29) is 6.04 Å². The maximum Gasteiger partial charge on any atom is 0.322 e. The van der Waals surface area contributed by atoms with Gasteiger partial charge < -0.3 is 45.3 Å². The fraction of sp³-hybridized carbons (Fsp3) is 0.625. The molecule has 8 atom stereocenters. The van der Waals surface area contributed by atoms with Crippen molar-refractivity contribution in [1.82, 2.24) is 15.2 Å². The molecule has 1 saturated heterocycles. The number of rotatable bonds is 10. The number of aliphatic hydroxyl groups is 3. The van der Waals surface area contributed by atoms with Crippen molar-refractivity contribution in [2.45, 2.75) is 131 Å². The monoisotopic (exact) mass is 853 g/mol. The lowest BCUT2D eigenvalue weighted by Crippen LogP contribution is -2.87. The van der Waals surface area contributed by atoms with E-state index in [9.17, 15) is 15.3 Å². The standard InChI is InChI=1S/C48H67N5O7Si/c1-9-44(57)19-13-21-46(42(56)60-6,38-32(18-24-49-30-44)31-16-11-12-17-35(31)51-38)34-28-33-36(29-37(34)59-5)52(4)43(3)47(33)22-26-53-25-14-20-45(10-2,39(47)53)40(54)48(43,58)41(55)50-23-15-27-61(7)8/h11-12,14,16-17,20,28-29,39-40,51,54,57-58H,9-10,13,15,18-19,21-27,30H2,1-8H3,(H,50,55)/q-1/t39?,40-,43-,44+,45-,46+,47-,48+/m1/s1. The first-order chi connectivity index (χ1) is 29.1. The number of H-pyrrole nitrogens is 1. The van der Waals surface area contributed by atoms with E-state index < -0.39 is 59.8 Å². The Labute approximate surface area is 363 Å². The first-order valence-corrected chi connectivity index (χ1v) is 25.2. The molecular weight excluding hydrogens is 787 g/mol. The molecule has 2 fully saturated rings. The van der Waals surface area contributed by atoms with Crippen LogP contribution in [0.15, 0.2) is 48.6 Å². The number of esters is 1. The van der Waals surface area contributed by atoms with Gasteiger partial charge in [0.05, 0.1) is 19.8 Å². The van der Waals surface area contributed by atoms with Gasteiger partial charge in [0.15, 0.2) is 5.60 Å².